The van der Waals surface area contributed by atoms with Crippen molar-refractivity contribution in [3.05, 3.63) is 40.7 Å². The number of likely N-dealkylation sites (N-methyl/N-ethyl adjacent to an activating group) is 2. The number of unbranched alkanes of at least 4 members (excludes halogenated alkanes) is 11. The number of benzene rings is 1. The van der Waals surface area contributed by atoms with Crippen LogP contribution in [0.3, 0.4) is 0 Å². The van der Waals surface area contributed by atoms with Gasteiger partial charge in [0.15, 0.2) is 5.69 Å². The van der Waals surface area contributed by atoms with Gasteiger partial charge in [0.2, 0.25) is 5.91 Å². The summed E-state index contributed by atoms with van der Waals surface area (Å²) in [6, 6.07) is 5.46. The number of anilines is 2. The molecule has 246 valence electrons. The highest BCUT2D eigenvalue weighted by molar-refractivity contribution is 5.80. The molecule has 1 N–H and O–H groups in total. The van der Waals surface area contributed by atoms with E-state index in [1.807, 2.05) is 6.07 Å². The minimum absolute atomic E-state index is 0.249. The van der Waals surface area contributed by atoms with E-state index in [0.29, 0.717) is 31.5 Å². The van der Waals surface area contributed by atoms with E-state index in [1.54, 1.807) is 0 Å². The number of hydrogen-bond acceptors (Lipinski definition) is 4. The standard InChI is InChI=1S/C35H54F3N5O/c1-4-5-6-7-8-9-10-11-12-13-14-15-20-31(43-29-19-17-16-18-28(29)33(40-43)35(36,37)38)34(44)39-26-27-21-22-30-32(25-27)42(3)24-23-41(30)2/h21-22,25,31H,4-20,23-24,26H2,1-3H3,(H,39,44). The Morgan fingerprint density at radius 2 is 1.45 bits per heavy atom. The van der Waals surface area contributed by atoms with Crippen LogP contribution in [0.4, 0.5) is 24.5 Å². The summed E-state index contributed by atoms with van der Waals surface area (Å²) < 4.78 is 43.4. The van der Waals surface area contributed by atoms with E-state index in [4.69, 9.17) is 0 Å². The number of carbonyl (C=O) groups excluding carboxylic acids is 1. The summed E-state index contributed by atoms with van der Waals surface area (Å²) in [5.74, 6) is -0.249. The van der Waals surface area contributed by atoms with Crippen LogP contribution >= 0.6 is 0 Å². The molecule has 2 aliphatic rings. The SMILES string of the molecule is CCCCCCCCCCCCCCC(C(=O)NCc1ccc2c(c1)N(C)CCN2C)n1nc(C(F)(F)F)c2c1CCCC2. The molecule has 0 saturated heterocycles. The van der Waals surface area contributed by atoms with Crippen LogP contribution in [-0.4, -0.2) is 42.9 Å². The maximum Gasteiger partial charge on any atom is 0.435 e. The van der Waals surface area contributed by atoms with Crippen molar-refractivity contribution in [3.63, 3.8) is 0 Å². The molecular weight excluding hydrogens is 563 g/mol. The number of nitrogens with one attached hydrogen (secondary N) is 1. The van der Waals surface area contributed by atoms with Crippen LogP contribution in [0, 0.1) is 0 Å². The Balaban J connectivity index is 1.38. The Hall–Kier alpha value is -2.71. The van der Waals surface area contributed by atoms with E-state index in [9.17, 15) is 18.0 Å². The normalized spacial score (nSPS) is 15.7. The summed E-state index contributed by atoms with van der Waals surface area (Å²) in [5.41, 5.74) is 3.33. The van der Waals surface area contributed by atoms with Gasteiger partial charge in [0.05, 0.1) is 11.4 Å². The molecule has 0 bridgehead atoms. The molecule has 0 fully saturated rings. The van der Waals surface area contributed by atoms with E-state index in [1.165, 1.54) is 62.5 Å². The smallest absolute Gasteiger partial charge is 0.371 e. The molecule has 4 rings (SSSR count). The van der Waals surface area contributed by atoms with Crippen molar-refractivity contribution in [2.24, 2.45) is 0 Å². The molecule has 2 heterocycles. The maximum absolute atomic E-state index is 14.0. The predicted molar refractivity (Wildman–Crippen MR) is 173 cm³/mol. The highest BCUT2D eigenvalue weighted by atomic mass is 19.4. The summed E-state index contributed by atoms with van der Waals surface area (Å²) in [4.78, 5) is 18.2. The first kappa shape index (κ1) is 34.2. The summed E-state index contributed by atoms with van der Waals surface area (Å²) in [6.45, 7) is 4.44. The van der Waals surface area contributed by atoms with Gasteiger partial charge in [-0.25, -0.2) is 0 Å². The van der Waals surface area contributed by atoms with Gasteiger partial charge in [0.25, 0.3) is 0 Å². The Morgan fingerprint density at radius 3 is 2.09 bits per heavy atom. The van der Waals surface area contributed by atoms with Crippen LogP contribution in [0.1, 0.15) is 132 Å². The van der Waals surface area contributed by atoms with Crippen molar-refractivity contribution >= 4 is 17.3 Å². The van der Waals surface area contributed by atoms with Crippen molar-refractivity contribution < 1.29 is 18.0 Å². The van der Waals surface area contributed by atoms with E-state index >= 15 is 0 Å². The minimum atomic E-state index is -4.52. The molecule has 44 heavy (non-hydrogen) atoms. The van der Waals surface area contributed by atoms with E-state index in [2.05, 4.69) is 53.4 Å². The van der Waals surface area contributed by atoms with E-state index in [0.717, 1.165) is 62.1 Å². The van der Waals surface area contributed by atoms with Crippen LogP contribution in [0.2, 0.25) is 0 Å². The van der Waals surface area contributed by atoms with Crippen LogP contribution < -0.4 is 15.1 Å². The van der Waals surface area contributed by atoms with Gasteiger partial charge < -0.3 is 15.1 Å². The van der Waals surface area contributed by atoms with Crippen molar-refractivity contribution in [3.8, 4) is 0 Å². The zero-order valence-electron chi connectivity index (χ0n) is 27.3. The number of nitrogens with zero attached hydrogens (tertiary/aromatic N) is 4. The average molecular weight is 618 g/mol. The Kier molecular flexibility index (Phi) is 12.9. The number of carbonyl (C=O) groups is 1. The minimum Gasteiger partial charge on any atom is -0.371 e. The number of fused-ring (bicyclic) bond motifs is 2. The van der Waals surface area contributed by atoms with Gasteiger partial charge in [-0.1, -0.05) is 90.0 Å². The van der Waals surface area contributed by atoms with Gasteiger partial charge in [0, 0.05) is 45.0 Å². The first-order valence-electron chi connectivity index (χ1n) is 17.2. The van der Waals surface area contributed by atoms with E-state index in [-0.39, 0.29) is 11.5 Å². The topological polar surface area (TPSA) is 53.4 Å². The van der Waals surface area contributed by atoms with Gasteiger partial charge in [-0.2, -0.15) is 18.3 Å². The zero-order valence-corrected chi connectivity index (χ0v) is 27.3. The molecule has 1 amide bonds. The number of rotatable bonds is 17. The molecule has 1 aliphatic heterocycles. The monoisotopic (exact) mass is 617 g/mol. The molecule has 0 spiro atoms. The largest absolute Gasteiger partial charge is 0.435 e. The third-order valence-corrected chi connectivity index (χ3v) is 9.51. The van der Waals surface area contributed by atoms with Gasteiger partial charge in [-0.3, -0.25) is 9.48 Å². The Bertz CT molecular complexity index is 1190. The predicted octanol–water partition coefficient (Wildman–Crippen LogP) is 8.62. The molecule has 1 aromatic heterocycles. The van der Waals surface area contributed by atoms with Crippen molar-refractivity contribution in [2.45, 2.75) is 135 Å². The lowest BCUT2D eigenvalue weighted by atomic mass is 9.95. The first-order valence-corrected chi connectivity index (χ1v) is 17.2. The summed E-state index contributed by atoms with van der Waals surface area (Å²) in [6.07, 6.45) is 12.9. The fourth-order valence-corrected chi connectivity index (χ4v) is 6.81. The number of halogens is 3. The van der Waals surface area contributed by atoms with Gasteiger partial charge in [0.1, 0.15) is 6.04 Å². The lowest BCUT2D eigenvalue weighted by Gasteiger charge is -2.35. The van der Waals surface area contributed by atoms with Gasteiger partial charge >= 0.3 is 6.18 Å². The fraction of sp³-hybridized carbons (Fsp3) is 0.714. The van der Waals surface area contributed by atoms with Crippen molar-refractivity contribution in [1.29, 1.82) is 0 Å². The third-order valence-electron chi connectivity index (χ3n) is 9.51. The zero-order chi connectivity index (χ0) is 31.5. The average Bonchev–Trinajstić information content (AvgIpc) is 3.40. The number of aromatic nitrogens is 2. The molecule has 1 aromatic carbocycles. The van der Waals surface area contributed by atoms with Gasteiger partial charge in [-0.05, 0) is 49.8 Å². The fourth-order valence-electron chi connectivity index (χ4n) is 6.81. The lowest BCUT2D eigenvalue weighted by Crippen LogP contribution is -2.37. The molecule has 1 atom stereocenters. The lowest BCUT2D eigenvalue weighted by molar-refractivity contribution is -0.142. The molecule has 0 saturated carbocycles. The molecule has 6 nitrogen and oxygen atoms in total. The second-order valence-corrected chi connectivity index (χ2v) is 13.0. The first-order chi connectivity index (χ1) is 21.2. The highest BCUT2D eigenvalue weighted by Gasteiger charge is 2.41. The van der Waals surface area contributed by atoms with Crippen LogP contribution in [0.5, 0.6) is 0 Å². The van der Waals surface area contributed by atoms with Crippen molar-refractivity contribution in [2.75, 3.05) is 37.0 Å². The summed E-state index contributed by atoms with van der Waals surface area (Å²) in [7, 11) is 4.14. The second-order valence-electron chi connectivity index (χ2n) is 13.0. The summed E-state index contributed by atoms with van der Waals surface area (Å²) >= 11 is 0. The van der Waals surface area contributed by atoms with Crippen LogP contribution in [-0.2, 0) is 30.4 Å². The molecule has 1 aliphatic carbocycles. The number of alkyl halides is 3. The number of amides is 1. The van der Waals surface area contributed by atoms with Gasteiger partial charge in [-0.15, -0.1) is 0 Å². The quantitative estimate of drug-likeness (QED) is 0.181. The van der Waals surface area contributed by atoms with Crippen molar-refractivity contribution in [1.82, 2.24) is 15.1 Å². The van der Waals surface area contributed by atoms with Crippen LogP contribution in [0.25, 0.3) is 0 Å². The molecule has 9 heteroatoms. The number of hydrogen-bond donors (Lipinski definition) is 1. The molecule has 2 aromatic rings. The molecule has 1 unspecified atom stereocenters. The molecule has 0 radical (unpaired) electrons. The second kappa shape index (κ2) is 16.6. The molecular formula is C35H54F3N5O. The Labute approximate surface area is 262 Å². The maximum atomic E-state index is 14.0. The summed E-state index contributed by atoms with van der Waals surface area (Å²) in [5, 5.41) is 7.17. The third kappa shape index (κ3) is 9.16. The van der Waals surface area contributed by atoms with Crippen LogP contribution in [0.15, 0.2) is 18.2 Å². The Morgan fingerprint density at radius 1 is 0.864 bits per heavy atom. The highest BCUT2D eigenvalue weighted by Crippen LogP contribution is 2.38. The van der Waals surface area contributed by atoms with E-state index < -0.39 is 17.9 Å².